The lowest BCUT2D eigenvalue weighted by Gasteiger charge is -2.23. The van der Waals surface area contributed by atoms with Crippen LogP contribution in [-0.2, 0) is 9.53 Å². The highest BCUT2D eigenvalue weighted by molar-refractivity contribution is 5.70. The Morgan fingerprint density at radius 2 is 2.12 bits per heavy atom. The number of aryl methyl sites for hydroxylation is 1. The lowest BCUT2D eigenvalue weighted by atomic mass is 10.2. The van der Waals surface area contributed by atoms with E-state index in [4.69, 9.17) is 4.74 Å². The topological polar surface area (TPSA) is 29.5 Å². The standard InChI is InChI=1S/C14H21NO2/c1-4-15(10-9-14(16)17-5-2)13-8-6-7-12(3)11-13/h6-8,11H,4-5,9-10H2,1-3H3. The highest BCUT2D eigenvalue weighted by Crippen LogP contribution is 2.15. The summed E-state index contributed by atoms with van der Waals surface area (Å²) in [5.74, 6) is -0.126. The smallest absolute Gasteiger partial charge is 0.307 e. The van der Waals surface area contributed by atoms with E-state index in [-0.39, 0.29) is 5.97 Å². The molecule has 0 aliphatic carbocycles. The zero-order valence-electron chi connectivity index (χ0n) is 10.9. The fourth-order valence-corrected chi connectivity index (χ4v) is 1.75. The van der Waals surface area contributed by atoms with Gasteiger partial charge in [0.1, 0.15) is 0 Å². The molecule has 94 valence electrons. The summed E-state index contributed by atoms with van der Waals surface area (Å²) in [5.41, 5.74) is 2.40. The van der Waals surface area contributed by atoms with Crippen molar-refractivity contribution in [3.63, 3.8) is 0 Å². The van der Waals surface area contributed by atoms with Gasteiger partial charge in [-0.1, -0.05) is 12.1 Å². The SMILES string of the molecule is CCOC(=O)CCN(CC)c1cccc(C)c1. The molecule has 1 aromatic carbocycles. The molecule has 0 saturated carbocycles. The third kappa shape index (κ3) is 4.47. The van der Waals surface area contributed by atoms with Crippen molar-refractivity contribution in [1.29, 1.82) is 0 Å². The minimum atomic E-state index is -0.126. The van der Waals surface area contributed by atoms with Gasteiger partial charge in [-0.3, -0.25) is 4.79 Å². The van der Waals surface area contributed by atoms with Crippen LogP contribution in [0, 0.1) is 6.92 Å². The Kier molecular flexibility index (Phi) is 5.53. The second-order valence-corrected chi connectivity index (χ2v) is 3.97. The van der Waals surface area contributed by atoms with Crippen molar-refractivity contribution >= 4 is 11.7 Å². The molecule has 17 heavy (non-hydrogen) atoms. The second-order valence-electron chi connectivity index (χ2n) is 3.97. The van der Waals surface area contributed by atoms with Gasteiger partial charge in [0.25, 0.3) is 0 Å². The summed E-state index contributed by atoms with van der Waals surface area (Å²) in [6, 6.07) is 8.32. The van der Waals surface area contributed by atoms with Crippen LogP contribution in [0.5, 0.6) is 0 Å². The predicted molar refractivity (Wildman–Crippen MR) is 70.3 cm³/mol. The molecule has 3 heteroatoms. The van der Waals surface area contributed by atoms with Gasteiger partial charge < -0.3 is 9.64 Å². The number of esters is 1. The van der Waals surface area contributed by atoms with Crippen molar-refractivity contribution in [2.45, 2.75) is 27.2 Å². The van der Waals surface area contributed by atoms with E-state index in [1.54, 1.807) is 0 Å². The van der Waals surface area contributed by atoms with Gasteiger partial charge in [0.15, 0.2) is 0 Å². The van der Waals surface area contributed by atoms with Gasteiger partial charge >= 0.3 is 5.97 Å². The Bertz CT molecular complexity index is 363. The fraction of sp³-hybridized carbons (Fsp3) is 0.500. The minimum absolute atomic E-state index is 0.126. The van der Waals surface area contributed by atoms with Gasteiger partial charge in [-0.05, 0) is 38.5 Å². The summed E-state index contributed by atoms with van der Waals surface area (Å²) in [6.45, 7) is 8.04. The molecule has 0 atom stereocenters. The molecule has 0 heterocycles. The Morgan fingerprint density at radius 1 is 1.35 bits per heavy atom. The zero-order chi connectivity index (χ0) is 12.7. The normalized spacial score (nSPS) is 10.1. The highest BCUT2D eigenvalue weighted by atomic mass is 16.5. The average molecular weight is 235 g/mol. The van der Waals surface area contributed by atoms with Crippen LogP contribution in [0.15, 0.2) is 24.3 Å². The molecule has 1 rings (SSSR count). The summed E-state index contributed by atoms with van der Waals surface area (Å²) >= 11 is 0. The first-order chi connectivity index (χ1) is 8.17. The van der Waals surface area contributed by atoms with Crippen molar-refractivity contribution in [2.24, 2.45) is 0 Å². The molecule has 3 nitrogen and oxygen atoms in total. The van der Waals surface area contributed by atoms with E-state index >= 15 is 0 Å². The van der Waals surface area contributed by atoms with Gasteiger partial charge in [0.2, 0.25) is 0 Å². The quantitative estimate of drug-likeness (QED) is 0.710. The van der Waals surface area contributed by atoms with E-state index < -0.39 is 0 Å². The number of hydrogen-bond acceptors (Lipinski definition) is 3. The monoisotopic (exact) mass is 235 g/mol. The molecule has 0 saturated heterocycles. The summed E-state index contributed by atoms with van der Waals surface area (Å²) in [4.78, 5) is 13.5. The zero-order valence-corrected chi connectivity index (χ0v) is 10.9. The van der Waals surface area contributed by atoms with Gasteiger partial charge in [-0.15, -0.1) is 0 Å². The molecular formula is C14H21NO2. The highest BCUT2D eigenvalue weighted by Gasteiger charge is 2.08. The first-order valence-electron chi connectivity index (χ1n) is 6.14. The number of carbonyl (C=O) groups excluding carboxylic acids is 1. The van der Waals surface area contributed by atoms with Crippen molar-refractivity contribution in [3.05, 3.63) is 29.8 Å². The molecule has 0 unspecified atom stereocenters. The summed E-state index contributed by atoms with van der Waals surface area (Å²) in [5, 5.41) is 0. The number of benzene rings is 1. The predicted octanol–water partition coefficient (Wildman–Crippen LogP) is 2.77. The molecular weight excluding hydrogens is 214 g/mol. The third-order valence-corrected chi connectivity index (χ3v) is 2.64. The maximum absolute atomic E-state index is 11.3. The molecule has 0 aromatic heterocycles. The maximum atomic E-state index is 11.3. The number of anilines is 1. The molecule has 0 N–H and O–H groups in total. The van der Waals surface area contributed by atoms with Gasteiger partial charge in [-0.2, -0.15) is 0 Å². The molecule has 0 aliphatic heterocycles. The molecule has 1 aromatic rings. The van der Waals surface area contributed by atoms with Crippen molar-refractivity contribution in [3.8, 4) is 0 Å². The fourth-order valence-electron chi connectivity index (χ4n) is 1.75. The van der Waals surface area contributed by atoms with Crippen molar-refractivity contribution < 1.29 is 9.53 Å². The third-order valence-electron chi connectivity index (χ3n) is 2.64. The van der Waals surface area contributed by atoms with Crippen molar-refractivity contribution in [2.75, 3.05) is 24.6 Å². The number of carbonyl (C=O) groups is 1. The minimum Gasteiger partial charge on any atom is -0.466 e. The van der Waals surface area contributed by atoms with Crippen LogP contribution in [0.3, 0.4) is 0 Å². The largest absolute Gasteiger partial charge is 0.466 e. The summed E-state index contributed by atoms with van der Waals surface area (Å²) in [7, 11) is 0. The first-order valence-corrected chi connectivity index (χ1v) is 6.14. The van der Waals surface area contributed by atoms with Crippen LogP contribution in [0.25, 0.3) is 0 Å². The lowest BCUT2D eigenvalue weighted by molar-refractivity contribution is -0.142. The van der Waals surface area contributed by atoms with Crippen LogP contribution in [0.4, 0.5) is 5.69 Å². The van der Waals surface area contributed by atoms with E-state index in [0.717, 1.165) is 12.2 Å². The molecule has 0 amide bonds. The van der Waals surface area contributed by atoms with Gasteiger partial charge in [0.05, 0.1) is 13.0 Å². The van der Waals surface area contributed by atoms with Crippen molar-refractivity contribution in [1.82, 2.24) is 0 Å². The summed E-state index contributed by atoms with van der Waals surface area (Å²) < 4.78 is 4.93. The lowest BCUT2D eigenvalue weighted by Crippen LogP contribution is -2.26. The molecule has 0 aliphatic rings. The Morgan fingerprint density at radius 3 is 2.71 bits per heavy atom. The molecule has 0 bridgehead atoms. The van der Waals surface area contributed by atoms with Crippen LogP contribution in [-0.4, -0.2) is 25.7 Å². The van der Waals surface area contributed by atoms with E-state index in [1.165, 1.54) is 5.56 Å². The van der Waals surface area contributed by atoms with Crippen LogP contribution in [0.1, 0.15) is 25.8 Å². The van der Waals surface area contributed by atoms with E-state index in [2.05, 4.69) is 36.9 Å². The maximum Gasteiger partial charge on any atom is 0.307 e. The Balaban J connectivity index is 2.57. The van der Waals surface area contributed by atoms with E-state index in [0.29, 0.717) is 19.6 Å². The number of rotatable bonds is 6. The van der Waals surface area contributed by atoms with Crippen LogP contribution >= 0.6 is 0 Å². The van der Waals surface area contributed by atoms with E-state index in [9.17, 15) is 4.79 Å². The van der Waals surface area contributed by atoms with E-state index in [1.807, 2.05) is 13.0 Å². The molecule has 0 spiro atoms. The Labute approximate surface area is 103 Å². The first kappa shape index (κ1) is 13.6. The molecule has 0 radical (unpaired) electrons. The Hall–Kier alpha value is -1.51. The molecule has 0 fully saturated rings. The van der Waals surface area contributed by atoms with Crippen LogP contribution in [0.2, 0.25) is 0 Å². The number of nitrogens with zero attached hydrogens (tertiary/aromatic N) is 1. The summed E-state index contributed by atoms with van der Waals surface area (Å²) in [6.07, 6.45) is 0.440. The average Bonchev–Trinajstić information content (AvgIpc) is 2.30. The number of hydrogen-bond donors (Lipinski definition) is 0. The second kappa shape index (κ2) is 6.94. The van der Waals surface area contributed by atoms with Crippen LogP contribution < -0.4 is 4.90 Å². The number of ether oxygens (including phenoxy) is 1. The van der Waals surface area contributed by atoms with Gasteiger partial charge in [0, 0.05) is 18.8 Å². The van der Waals surface area contributed by atoms with Gasteiger partial charge in [-0.25, -0.2) is 0 Å².